The maximum absolute atomic E-state index is 5.82. The number of hydrogen-bond donors (Lipinski definition) is 1. The summed E-state index contributed by atoms with van der Waals surface area (Å²) in [6, 6.07) is 3.59. The number of halogens is 1. The zero-order chi connectivity index (χ0) is 11.3. The first-order valence-corrected chi connectivity index (χ1v) is 5.11. The van der Waals surface area contributed by atoms with Gasteiger partial charge in [-0.1, -0.05) is 0 Å². The molecule has 0 spiro atoms. The molecule has 5 heteroatoms. The van der Waals surface area contributed by atoms with Gasteiger partial charge in [0.25, 0.3) is 0 Å². The van der Waals surface area contributed by atoms with Crippen molar-refractivity contribution in [1.29, 1.82) is 0 Å². The zero-order valence-electron chi connectivity index (χ0n) is 8.66. The number of nitrogens with two attached hydrogens (primary N) is 1. The lowest BCUT2D eigenvalue weighted by Gasteiger charge is -2.09. The third-order valence-corrected chi connectivity index (χ3v) is 2.36. The Hall–Kier alpha value is -1.07. The van der Waals surface area contributed by atoms with Crippen molar-refractivity contribution in [1.82, 2.24) is 0 Å². The van der Waals surface area contributed by atoms with Gasteiger partial charge in [-0.2, -0.15) is 0 Å². The van der Waals surface area contributed by atoms with Crippen molar-refractivity contribution in [2.75, 3.05) is 26.7 Å². The van der Waals surface area contributed by atoms with Crippen LogP contribution in [0.2, 0.25) is 0 Å². The monoisotopic (exact) mass is 272 g/mol. The molecular weight excluding hydrogens is 260 g/mol. The predicted molar refractivity (Wildman–Crippen MR) is 64.6 cm³/mol. The molecule has 82 valence electrons. The summed E-state index contributed by atoms with van der Waals surface area (Å²) in [7, 11) is 3.26. The summed E-state index contributed by atoms with van der Waals surface area (Å²) in [6.45, 7) is 0.194. The van der Waals surface area contributed by atoms with Crippen LogP contribution in [0.3, 0.4) is 0 Å². The molecule has 15 heavy (non-hydrogen) atoms. The Morgan fingerprint density at radius 2 is 2.27 bits per heavy atom. The first-order valence-electron chi connectivity index (χ1n) is 4.32. The number of methoxy groups -OCH3 is 1. The number of nitrogen functional groups attached to an aromatic ring is 1. The summed E-state index contributed by atoms with van der Waals surface area (Å²) in [6.07, 6.45) is 1.69. The minimum Gasteiger partial charge on any atom is -0.466 e. The van der Waals surface area contributed by atoms with Crippen LogP contribution in [0.4, 0.5) is 5.69 Å². The minimum absolute atomic E-state index is 0.194. The summed E-state index contributed by atoms with van der Waals surface area (Å²) >= 11 is 3.38. The maximum Gasteiger partial charge on any atom is 0.188 e. The summed E-state index contributed by atoms with van der Waals surface area (Å²) in [5.74, 6) is 0.655. The summed E-state index contributed by atoms with van der Waals surface area (Å²) in [5.41, 5.74) is 7.29. The van der Waals surface area contributed by atoms with Crippen LogP contribution in [-0.4, -0.2) is 27.2 Å². The highest BCUT2D eigenvalue weighted by Crippen LogP contribution is 2.29. The van der Waals surface area contributed by atoms with Crippen LogP contribution >= 0.6 is 15.9 Å². The van der Waals surface area contributed by atoms with Crippen LogP contribution < -0.4 is 10.5 Å². The molecule has 0 saturated carbocycles. The van der Waals surface area contributed by atoms with Crippen molar-refractivity contribution in [2.45, 2.75) is 0 Å². The molecule has 1 rings (SSSR count). The summed E-state index contributed by atoms with van der Waals surface area (Å²) in [5, 5.41) is 0. The first kappa shape index (κ1) is 12.0. The van der Waals surface area contributed by atoms with Crippen LogP contribution in [0.25, 0.3) is 0 Å². The molecule has 1 aromatic carbocycles. The third-order valence-electron chi connectivity index (χ3n) is 1.74. The van der Waals surface area contributed by atoms with Gasteiger partial charge in [0.2, 0.25) is 0 Å². The quantitative estimate of drug-likeness (QED) is 0.519. The number of hydrogen-bond acceptors (Lipinski definition) is 4. The Morgan fingerprint density at radius 1 is 1.53 bits per heavy atom. The second-order valence-corrected chi connectivity index (χ2v) is 3.70. The van der Waals surface area contributed by atoms with E-state index in [0.29, 0.717) is 11.4 Å². The third kappa shape index (κ3) is 3.21. The Morgan fingerprint density at radius 3 is 2.87 bits per heavy atom. The van der Waals surface area contributed by atoms with Crippen LogP contribution in [0.5, 0.6) is 5.75 Å². The standard InChI is InChI=1S/C10H13BrN2O2/c1-13-5-7-3-8(11)10(4-9(7)12)15-6-14-2/h3-5H,6,12H2,1-2H3. The number of aliphatic imine (C=N–C) groups is 1. The average molecular weight is 273 g/mol. The van der Waals surface area contributed by atoms with Gasteiger partial charge in [-0.25, -0.2) is 0 Å². The van der Waals surface area contributed by atoms with Gasteiger partial charge in [0, 0.05) is 37.7 Å². The summed E-state index contributed by atoms with van der Waals surface area (Å²) < 4.78 is 10.9. The second-order valence-electron chi connectivity index (χ2n) is 2.85. The van der Waals surface area contributed by atoms with E-state index >= 15 is 0 Å². The molecule has 0 saturated heterocycles. The van der Waals surface area contributed by atoms with Crippen LogP contribution in [0, 0.1) is 0 Å². The SMILES string of the molecule is CN=Cc1cc(Br)c(OCOC)cc1N. The lowest BCUT2D eigenvalue weighted by atomic mass is 10.2. The zero-order valence-corrected chi connectivity index (χ0v) is 10.2. The molecule has 0 aliphatic rings. The highest BCUT2D eigenvalue weighted by molar-refractivity contribution is 9.10. The van der Waals surface area contributed by atoms with Crippen molar-refractivity contribution in [3.63, 3.8) is 0 Å². The van der Waals surface area contributed by atoms with Gasteiger partial charge < -0.3 is 15.2 Å². The Kier molecular flexibility index (Phi) is 4.58. The van der Waals surface area contributed by atoms with E-state index in [-0.39, 0.29) is 6.79 Å². The molecule has 4 nitrogen and oxygen atoms in total. The van der Waals surface area contributed by atoms with Crippen molar-refractivity contribution in [3.8, 4) is 5.75 Å². The Balaban J connectivity index is 2.97. The van der Waals surface area contributed by atoms with Gasteiger partial charge in [-0.3, -0.25) is 4.99 Å². The molecule has 0 atom stereocenters. The molecule has 0 radical (unpaired) electrons. The predicted octanol–water partition coefficient (Wildman–Crippen LogP) is 2.06. The molecular formula is C10H13BrN2O2. The fraction of sp³-hybridized carbons (Fsp3) is 0.300. The number of benzene rings is 1. The average Bonchev–Trinajstić information content (AvgIpc) is 2.21. The van der Waals surface area contributed by atoms with Crippen molar-refractivity contribution in [2.24, 2.45) is 4.99 Å². The molecule has 0 heterocycles. The van der Waals surface area contributed by atoms with E-state index in [4.69, 9.17) is 15.2 Å². The molecule has 0 amide bonds. The Labute approximate surface area is 97.2 Å². The van der Waals surface area contributed by atoms with Crippen LogP contribution in [0.15, 0.2) is 21.6 Å². The van der Waals surface area contributed by atoms with E-state index in [0.717, 1.165) is 10.0 Å². The molecule has 2 N–H and O–H groups in total. The van der Waals surface area contributed by atoms with E-state index in [1.165, 1.54) is 0 Å². The smallest absolute Gasteiger partial charge is 0.188 e. The van der Waals surface area contributed by atoms with Gasteiger partial charge in [0.05, 0.1) is 4.47 Å². The van der Waals surface area contributed by atoms with E-state index in [9.17, 15) is 0 Å². The van der Waals surface area contributed by atoms with E-state index in [1.807, 2.05) is 6.07 Å². The number of nitrogens with zero attached hydrogens (tertiary/aromatic N) is 1. The molecule has 1 aromatic rings. The molecule has 0 fully saturated rings. The minimum atomic E-state index is 0.194. The van der Waals surface area contributed by atoms with E-state index in [1.54, 1.807) is 26.4 Å². The van der Waals surface area contributed by atoms with Crippen molar-refractivity contribution in [3.05, 3.63) is 22.2 Å². The molecule has 0 unspecified atom stereocenters. The molecule has 0 bridgehead atoms. The van der Waals surface area contributed by atoms with Gasteiger partial charge in [-0.15, -0.1) is 0 Å². The van der Waals surface area contributed by atoms with Gasteiger partial charge in [0.1, 0.15) is 5.75 Å². The van der Waals surface area contributed by atoms with Gasteiger partial charge in [0.15, 0.2) is 6.79 Å². The summed E-state index contributed by atoms with van der Waals surface area (Å²) in [4.78, 5) is 3.91. The Bertz CT molecular complexity index is 367. The molecule has 0 aromatic heterocycles. The first-order chi connectivity index (χ1) is 7.19. The lowest BCUT2D eigenvalue weighted by Crippen LogP contribution is -2.01. The highest BCUT2D eigenvalue weighted by Gasteiger charge is 2.05. The van der Waals surface area contributed by atoms with Gasteiger partial charge >= 0.3 is 0 Å². The lowest BCUT2D eigenvalue weighted by molar-refractivity contribution is 0.0506. The highest BCUT2D eigenvalue weighted by atomic mass is 79.9. The van der Waals surface area contributed by atoms with E-state index < -0.39 is 0 Å². The topological polar surface area (TPSA) is 56.8 Å². The van der Waals surface area contributed by atoms with Crippen molar-refractivity contribution < 1.29 is 9.47 Å². The normalized spacial score (nSPS) is 10.9. The molecule has 0 aliphatic heterocycles. The largest absolute Gasteiger partial charge is 0.466 e. The number of anilines is 1. The van der Waals surface area contributed by atoms with Crippen molar-refractivity contribution >= 4 is 27.8 Å². The molecule has 0 aliphatic carbocycles. The second kappa shape index (κ2) is 5.72. The maximum atomic E-state index is 5.82. The fourth-order valence-electron chi connectivity index (χ4n) is 1.07. The number of rotatable bonds is 4. The number of ether oxygens (including phenoxy) is 2. The van der Waals surface area contributed by atoms with Crippen LogP contribution in [-0.2, 0) is 4.74 Å². The van der Waals surface area contributed by atoms with E-state index in [2.05, 4.69) is 20.9 Å². The fourth-order valence-corrected chi connectivity index (χ4v) is 1.54. The van der Waals surface area contributed by atoms with Crippen LogP contribution in [0.1, 0.15) is 5.56 Å². The van der Waals surface area contributed by atoms with Gasteiger partial charge in [-0.05, 0) is 22.0 Å².